The third kappa shape index (κ3) is 3.93. The van der Waals surface area contributed by atoms with Crippen molar-refractivity contribution < 1.29 is 4.74 Å². The van der Waals surface area contributed by atoms with Gasteiger partial charge >= 0.3 is 0 Å². The lowest BCUT2D eigenvalue weighted by atomic mass is 10.1. The van der Waals surface area contributed by atoms with Crippen molar-refractivity contribution in [2.45, 2.75) is 6.54 Å². The van der Waals surface area contributed by atoms with Crippen molar-refractivity contribution in [3.05, 3.63) is 42.1 Å². The fraction of sp³-hybridized carbons (Fsp3) is 0.286. The highest BCUT2D eigenvalue weighted by molar-refractivity contribution is 5.79. The van der Waals surface area contributed by atoms with E-state index < -0.39 is 0 Å². The highest BCUT2D eigenvalue weighted by atomic mass is 16.5. The molecule has 0 fully saturated rings. The summed E-state index contributed by atoms with van der Waals surface area (Å²) < 4.78 is 4.92. The topological polar surface area (TPSA) is 72.5 Å². The van der Waals surface area contributed by atoms with E-state index in [-0.39, 0.29) is 0 Å². The third-order valence-corrected chi connectivity index (χ3v) is 2.71. The summed E-state index contributed by atoms with van der Waals surface area (Å²) in [7, 11) is 1.65. The molecule has 0 unspecified atom stereocenters. The molecule has 1 aromatic carbocycles. The molecular formula is C14H18N4O. The number of fused-ring (bicyclic) bond motifs is 1. The van der Waals surface area contributed by atoms with Gasteiger partial charge < -0.3 is 15.8 Å². The van der Waals surface area contributed by atoms with E-state index >= 15 is 0 Å². The van der Waals surface area contributed by atoms with Gasteiger partial charge in [-0.2, -0.15) is 0 Å². The van der Waals surface area contributed by atoms with Crippen LogP contribution in [0, 0.1) is 0 Å². The van der Waals surface area contributed by atoms with Crippen LogP contribution < -0.4 is 11.1 Å². The van der Waals surface area contributed by atoms with E-state index in [2.05, 4.69) is 21.4 Å². The van der Waals surface area contributed by atoms with Crippen LogP contribution in [0.2, 0.25) is 0 Å². The van der Waals surface area contributed by atoms with Gasteiger partial charge in [-0.1, -0.05) is 12.1 Å². The van der Waals surface area contributed by atoms with Gasteiger partial charge in [-0.15, -0.1) is 0 Å². The predicted molar refractivity (Wildman–Crippen MR) is 76.9 cm³/mol. The lowest BCUT2D eigenvalue weighted by Gasteiger charge is -2.05. The van der Waals surface area contributed by atoms with Gasteiger partial charge in [0.2, 0.25) is 0 Å². The quantitative estimate of drug-likeness (QED) is 0.481. The van der Waals surface area contributed by atoms with E-state index in [1.165, 1.54) is 0 Å². The summed E-state index contributed by atoms with van der Waals surface area (Å²) in [5.74, 6) is 0.434. The number of aliphatic imine (C=N–C) groups is 1. The summed E-state index contributed by atoms with van der Waals surface area (Å²) in [6, 6.07) is 10.1. The summed E-state index contributed by atoms with van der Waals surface area (Å²) in [4.78, 5) is 8.56. The maximum atomic E-state index is 5.75. The van der Waals surface area contributed by atoms with Gasteiger partial charge in [0.05, 0.1) is 18.7 Å². The third-order valence-electron chi connectivity index (χ3n) is 2.71. The number of aromatic nitrogens is 1. The van der Waals surface area contributed by atoms with Gasteiger partial charge in [0, 0.05) is 25.2 Å². The number of nitrogens with two attached hydrogens (primary N) is 1. The molecule has 5 heteroatoms. The zero-order valence-electron chi connectivity index (χ0n) is 11.0. The molecule has 0 aliphatic carbocycles. The number of hydrogen-bond acceptors (Lipinski definition) is 3. The average Bonchev–Trinajstić information content (AvgIpc) is 2.45. The van der Waals surface area contributed by atoms with Crippen molar-refractivity contribution in [2.24, 2.45) is 10.7 Å². The molecule has 0 atom stereocenters. The van der Waals surface area contributed by atoms with Gasteiger partial charge in [0.1, 0.15) is 0 Å². The lowest BCUT2D eigenvalue weighted by molar-refractivity contribution is 0.204. The minimum Gasteiger partial charge on any atom is -0.383 e. The van der Waals surface area contributed by atoms with Gasteiger partial charge in [-0.3, -0.25) is 4.98 Å². The molecule has 0 bridgehead atoms. The molecule has 19 heavy (non-hydrogen) atoms. The first kappa shape index (κ1) is 13.3. The highest BCUT2D eigenvalue weighted by Gasteiger charge is 1.97. The Kier molecular flexibility index (Phi) is 4.69. The number of nitrogens with zero attached hydrogens (tertiary/aromatic N) is 2. The van der Waals surface area contributed by atoms with Crippen molar-refractivity contribution in [1.29, 1.82) is 0 Å². The fourth-order valence-corrected chi connectivity index (χ4v) is 1.74. The molecule has 0 amide bonds. The molecule has 2 aromatic rings. The van der Waals surface area contributed by atoms with Gasteiger partial charge in [0.15, 0.2) is 5.96 Å². The van der Waals surface area contributed by atoms with Gasteiger partial charge in [0.25, 0.3) is 0 Å². The van der Waals surface area contributed by atoms with Crippen molar-refractivity contribution in [1.82, 2.24) is 10.3 Å². The molecule has 2 rings (SSSR count). The van der Waals surface area contributed by atoms with Crippen LogP contribution in [0.5, 0.6) is 0 Å². The molecule has 0 radical (unpaired) electrons. The van der Waals surface area contributed by atoms with Crippen molar-refractivity contribution in [2.75, 3.05) is 20.3 Å². The molecule has 0 saturated heterocycles. The van der Waals surface area contributed by atoms with E-state index in [0.29, 0.717) is 25.7 Å². The maximum absolute atomic E-state index is 5.75. The molecule has 3 N–H and O–H groups in total. The van der Waals surface area contributed by atoms with Gasteiger partial charge in [-0.25, -0.2) is 4.99 Å². The van der Waals surface area contributed by atoms with Crippen LogP contribution in [-0.2, 0) is 11.3 Å². The minimum absolute atomic E-state index is 0.434. The van der Waals surface area contributed by atoms with E-state index in [9.17, 15) is 0 Å². The van der Waals surface area contributed by atoms with E-state index in [4.69, 9.17) is 10.5 Å². The average molecular weight is 258 g/mol. The summed E-state index contributed by atoms with van der Waals surface area (Å²) in [6.45, 7) is 1.82. The monoisotopic (exact) mass is 258 g/mol. The smallest absolute Gasteiger partial charge is 0.188 e. The molecule has 1 heterocycles. The van der Waals surface area contributed by atoms with E-state index in [1.54, 1.807) is 13.3 Å². The zero-order chi connectivity index (χ0) is 13.5. The maximum Gasteiger partial charge on any atom is 0.188 e. The van der Waals surface area contributed by atoms with Crippen molar-refractivity contribution in [3.8, 4) is 0 Å². The Labute approximate surface area is 112 Å². The number of ether oxygens (including phenoxy) is 1. The van der Waals surface area contributed by atoms with Crippen molar-refractivity contribution >= 4 is 16.9 Å². The zero-order valence-corrected chi connectivity index (χ0v) is 11.0. The first-order chi connectivity index (χ1) is 9.29. The Hall–Kier alpha value is -2.14. The van der Waals surface area contributed by atoms with Crippen LogP contribution >= 0.6 is 0 Å². The van der Waals surface area contributed by atoms with Crippen LogP contribution in [0.3, 0.4) is 0 Å². The number of benzene rings is 1. The lowest BCUT2D eigenvalue weighted by Crippen LogP contribution is -2.34. The first-order valence-corrected chi connectivity index (χ1v) is 6.16. The second kappa shape index (κ2) is 6.70. The van der Waals surface area contributed by atoms with Crippen LogP contribution in [0.4, 0.5) is 0 Å². The molecule has 0 saturated carbocycles. The van der Waals surface area contributed by atoms with Crippen LogP contribution in [0.1, 0.15) is 5.56 Å². The van der Waals surface area contributed by atoms with Crippen molar-refractivity contribution in [3.63, 3.8) is 0 Å². The molecule has 1 aromatic heterocycles. The van der Waals surface area contributed by atoms with Crippen LogP contribution in [0.25, 0.3) is 10.9 Å². The number of guanidine groups is 1. The predicted octanol–water partition coefficient (Wildman–Crippen LogP) is 1.29. The van der Waals surface area contributed by atoms with Crippen LogP contribution in [-0.4, -0.2) is 31.2 Å². The largest absolute Gasteiger partial charge is 0.383 e. The summed E-state index contributed by atoms with van der Waals surface area (Å²) >= 11 is 0. The van der Waals surface area contributed by atoms with E-state index in [1.807, 2.05) is 24.3 Å². The number of pyridine rings is 1. The SMILES string of the molecule is COCCNC(N)=NCc1ccc2ncccc2c1. The molecular weight excluding hydrogens is 240 g/mol. The standard InChI is InChI=1S/C14H18N4O/c1-19-8-7-17-14(15)18-10-11-4-5-13-12(9-11)3-2-6-16-13/h2-6,9H,7-8,10H2,1H3,(H3,15,17,18). The molecule has 0 spiro atoms. The summed E-state index contributed by atoms with van der Waals surface area (Å²) in [5.41, 5.74) is 7.84. The Morgan fingerprint density at radius 1 is 1.42 bits per heavy atom. The summed E-state index contributed by atoms with van der Waals surface area (Å²) in [6.07, 6.45) is 1.79. The van der Waals surface area contributed by atoms with E-state index in [0.717, 1.165) is 16.5 Å². The molecule has 5 nitrogen and oxygen atoms in total. The van der Waals surface area contributed by atoms with Gasteiger partial charge in [-0.05, 0) is 23.8 Å². The number of nitrogens with one attached hydrogen (secondary N) is 1. The molecule has 0 aliphatic heterocycles. The molecule has 0 aliphatic rings. The Bertz CT molecular complexity index is 568. The second-order valence-corrected chi connectivity index (χ2v) is 4.15. The van der Waals surface area contributed by atoms with Crippen LogP contribution in [0.15, 0.2) is 41.5 Å². The normalized spacial score (nSPS) is 11.7. The number of hydrogen-bond donors (Lipinski definition) is 2. The summed E-state index contributed by atoms with van der Waals surface area (Å²) in [5, 5.41) is 4.09. The minimum atomic E-state index is 0.434. The Balaban J connectivity index is 1.99. The molecule has 100 valence electrons. The highest BCUT2D eigenvalue weighted by Crippen LogP contribution is 2.13. The Morgan fingerprint density at radius 3 is 3.16 bits per heavy atom. The number of rotatable bonds is 5. The Morgan fingerprint density at radius 2 is 2.32 bits per heavy atom. The fourth-order valence-electron chi connectivity index (χ4n) is 1.74. The number of methoxy groups -OCH3 is 1. The first-order valence-electron chi connectivity index (χ1n) is 6.16. The second-order valence-electron chi connectivity index (χ2n) is 4.15.